The van der Waals surface area contributed by atoms with Crippen LogP contribution in [0.3, 0.4) is 0 Å². The molecule has 1 unspecified atom stereocenters. The van der Waals surface area contributed by atoms with E-state index in [0.29, 0.717) is 11.8 Å². The highest BCUT2D eigenvalue weighted by Gasteiger charge is 2.13. The summed E-state index contributed by atoms with van der Waals surface area (Å²) in [6.07, 6.45) is 2.11. The molecule has 1 atom stereocenters. The monoisotopic (exact) mass is 266 g/mol. The number of nitrogens with two attached hydrogens (primary N) is 1. The summed E-state index contributed by atoms with van der Waals surface area (Å²) in [5.41, 5.74) is 7.19. The zero-order chi connectivity index (χ0) is 13.5. The summed E-state index contributed by atoms with van der Waals surface area (Å²) in [5, 5.41) is 0. The maximum Gasteiger partial charge on any atom is 0.0230 e. The van der Waals surface area contributed by atoms with Gasteiger partial charge in [0.05, 0.1) is 0 Å². The molecule has 0 bridgehead atoms. The van der Waals surface area contributed by atoms with Gasteiger partial charge in [-0.05, 0) is 49.4 Å². The Balaban J connectivity index is 2.50. The zero-order valence-corrected chi connectivity index (χ0v) is 12.8. The van der Waals surface area contributed by atoms with Gasteiger partial charge in [-0.15, -0.1) is 11.8 Å². The zero-order valence-electron chi connectivity index (χ0n) is 12.0. The average molecular weight is 266 g/mol. The maximum atomic E-state index is 5.82. The molecule has 0 aliphatic carbocycles. The average Bonchev–Trinajstić information content (AvgIpc) is 2.36. The Hall–Kier alpha value is -0.510. The van der Waals surface area contributed by atoms with E-state index < -0.39 is 0 Å². The van der Waals surface area contributed by atoms with Crippen LogP contribution in [0, 0.1) is 11.8 Å². The standard InChI is InChI=1S/C15H26N2S/c1-12(2)14(9-16)11-17(3)10-13-5-7-15(18-4)8-6-13/h5-8,12,14H,9-11,16H2,1-4H3. The van der Waals surface area contributed by atoms with Gasteiger partial charge in [0, 0.05) is 18.0 Å². The lowest BCUT2D eigenvalue weighted by Gasteiger charge is -2.25. The Morgan fingerprint density at radius 1 is 1.22 bits per heavy atom. The topological polar surface area (TPSA) is 29.3 Å². The van der Waals surface area contributed by atoms with Gasteiger partial charge in [-0.25, -0.2) is 0 Å². The molecule has 1 aromatic rings. The largest absolute Gasteiger partial charge is 0.330 e. The van der Waals surface area contributed by atoms with E-state index in [1.165, 1.54) is 10.5 Å². The van der Waals surface area contributed by atoms with Gasteiger partial charge >= 0.3 is 0 Å². The predicted molar refractivity (Wildman–Crippen MR) is 81.9 cm³/mol. The molecule has 0 aromatic heterocycles. The normalized spacial score (nSPS) is 13.3. The lowest BCUT2D eigenvalue weighted by molar-refractivity contribution is 0.234. The smallest absolute Gasteiger partial charge is 0.0230 e. The number of nitrogens with zero attached hydrogens (tertiary/aromatic N) is 1. The molecule has 0 amide bonds. The van der Waals surface area contributed by atoms with Crippen LogP contribution in [0.15, 0.2) is 29.2 Å². The first kappa shape index (κ1) is 15.5. The van der Waals surface area contributed by atoms with Crippen LogP contribution in [0.5, 0.6) is 0 Å². The predicted octanol–water partition coefficient (Wildman–Crippen LogP) is 3.07. The van der Waals surface area contributed by atoms with Crippen molar-refractivity contribution in [1.82, 2.24) is 4.90 Å². The van der Waals surface area contributed by atoms with Crippen molar-refractivity contribution in [1.29, 1.82) is 0 Å². The first-order valence-electron chi connectivity index (χ1n) is 6.58. The van der Waals surface area contributed by atoms with Crippen molar-refractivity contribution in [2.75, 3.05) is 26.4 Å². The highest BCUT2D eigenvalue weighted by atomic mass is 32.2. The van der Waals surface area contributed by atoms with Gasteiger partial charge in [-0.1, -0.05) is 26.0 Å². The highest BCUT2D eigenvalue weighted by Crippen LogP contribution is 2.16. The molecule has 102 valence electrons. The molecule has 0 fully saturated rings. The van der Waals surface area contributed by atoms with E-state index in [9.17, 15) is 0 Å². The number of hydrogen-bond donors (Lipinski definition) is 1. The maximum absolute atomic E-state index is 5.82. The lowest BCUT2D eigenvalue weighted by Crippen LogP contribution is -2.32. The van der Waals surface area contributed by atoms with Gasteiger partial charge in [0.2, 0.25) is 0 Å². The Labute approximate surface area is 116 Å². The first-order valence-corrected chi connectivity index (χ1v) is 7.80. The van der Waals surface area contributed by atoms with Crippen molar-refractivity contribution in [2.45, 2.75) is 25.3 Å². The Morgan fingerprint density at radius 3 is 2.28 bits per heavy atom. The van der Waals surface area contributed by atoms with Gasteiger partial charge in [0.15, 0.2) is 0 Å². The molecule has 3 heteroatoms. The van der Waals surface area contributed by atoms with E-state index in [4.69, 9.17) is 5.73 Å². The van der Waals surface area contributed by atoms with Crippen LogP contribution in [0.1, 0.15) is 19.4 Å². The molecule has 0 saturated heterocycles. The van der Waals surface area contributed by atoms with Gasteiger partial charge < -0.3 is 10.6 Å². The highest BCUT2D eigenvalue weighted by molar-refractivity contribution is 7.98. The second-order valence-electron chi connectivity index (χ2n) is 5.28. The molecule has 1 rings (SSSR count). The van der Waals surface area contributed by atoms with Crippen molar-refractivity contribution >= 4 is 11.8 Å². The third kappa shape index (κ3) is 5.01. The molecule has 0 aliphatic rings. The minimum atomic E-state index is 0.584. The second-order valence-corrected chi connectivity index (χ2v) is 6.16. The molecule has 0 radical (unpaired) electrons. The quantitative estimate of drug-likeness (QED) is 0.769. The summed E-state index contributed by atoms with van der Waals surface area (Å²) in [7, 11) is 2.17. The van der Waals surface area contributed by atoms with E-state index in [-0.39, 0.29) is 0 Å². The fraction of sp³-hybridized carbons (Fsp3) is 0.600. The van der Waals surface area contributed by atoms with E-state index in [0.717, 1.165) is 19.6 Å². The van der Waals surface area contributed by atoms with Crippen LogP contribution < -0.4 is 5.73 Å². The molecule has 0 saturated carbocycles. The Bertz CT molecular complexity index is 335. The van der Waals surface area contributed by atoms with Crippen LogP contribution in [-0.4, -0.2) is 31.3 Å². The number of rotatable bonds is 7. The molecule has 2 nitrogen and oxygen atoms in total. The molecule has 2 N–H and O–H groups in total. The minimum absolute atomic E-state index is 0.584. The van der Waals surface area contributed by atoms with Crippen LogP contribution in [0.25, 0.3) is 0 Å². The second kappa shape index (κ2) is 7.82. The summed E-state index contributed by atoms with van der Waals surface area (Å²) in [4.78, 5) is 3.69. The van der Waals surface area contributed by atoms with Crippen molar-refractivity contribution in [3.63, 3.8) is 0 Å². The lowest BCUT2D eigenvalue weighted by atomic mass is 9.95. The minimum Gasteiger partial charge on any atom is -0.330 e. The number of hydrogen-bond acceptors (Lipinski definition) is 3. The van der Waals surface area contributed by atoms with E-state index in [2.05, 4.69) is 56.3 Å². The van der Waals surface area contributed by atoms with E-state index >= 15 is 0 Å². The third-order valence-corrected chi connectivity index (χ3v) is 4.15. The summed E-state index contributed by atoms with van der Waals surface area (Å²) in [5.74, 6) is 1.23. The SMILES string of the molecule is CSc1ccc(CN(C)CC(CN)C(C)C)cc1. The first-order chi connectivity index (χ1) is 8.56. The van der Waals surface area contributed by atoms with Gasteiger partial charge in [-0.2, -0.15) is 0 Å². The van der Waals surface area contributed by atoms with Crippen LogP contribution in [-0.2, 0) is 6.54 Å². The van der Waals surface area contributed by atoms with Crippen molar-refractivity contribution in [3.05, 3.63) is 29.8 Å². The van der Waals surface area contributed by atoms with Crippen LogP contribution in [0.2, 0.25) is 0 Å². The van der Waals surface area contributed by atoms with Crippen LogP contribution in [0.4, 0.5) is 0 Å². The molecule has 18 heavy (non-hydrogen) atoms. The molecule has 0 heterocycles. The molecule has 0 aliphatic heterocycles. The van der Waals surface area contributed by atoms with E-state index in [1.54, 1.807) is 11.8 Å². The summed E-state index contributed by atoms with van der Waals surface area (Å²) >= 11 is 1.78. The molecule has 0 spiro atoms. The molecule has 1 aromatic carbocycles. The van der Waals surface area contributed by atoms with E-state index in [1.807, 2.05) is 0 Å². The molecular formula is C15H26N2S. The van der Waals surface area contributed by atoms with Gasteiger partial charge in [0.25, 0.3) is 0 Å². The van der Waals surface area contributed by atoms with Gasteiger partial charge in [0.1, 0.15) is 0 Å². The number of benzene rings is 1. The van der Waals surface area contributed by atoms with Crippen LogP contribution >= 0.6 is 11.8 Å². The summed E-state index contributed by atoms with van der Waals surface area (Å²) in [6, 6.07) is 8.82. The summed E-state index contributed by atoms with van der Waals surface area (Å²) in [6.45, 7) is 7.33. The Morgan fingerprint density at radius 2 is 1.83 bits per heavy atom. The van der Waals surface area contributed by atoms with Gasteiger partial charge in [-0.3, -0.25) is 0 Å². The summed E-state index contributed by atoms with van der Waals surface area (Å²) < 4.78 is 0. The van der Waals surface area contributed by atoms with Crippen molar-refractivity contribution in [2.24, 2.45) is 17.6 Å². The van der Waals surface area contributed by atoms with Crippen molar-refractivity contribution in [3.8, 4) is 0 Å². The fourth-order valence-electron chi connectivity index (χ4n) is 2.07. The molecular weight excluding hydrogens is 240 g/mol. The van der Waals surface area contributed by atoms with Crippen molar-refractivity contribution < 1.29 is 0 Å². The third-order valence-electron chi connectivity index (χ3n) is 3.40. The number of thioether (sulfide) groups is 1. The fourth-order valence-corrected chi connectivity index (χ4v) is 2.47. The Kier molecular flexibility index (Phi) is 6.76.